The van der Waals surface area contributed by atoms with Crippen LogP contribution in [0.3, 0.4) is 0 Å². The molecular formula is C11H12N2O2. The molecule has 2 rings (SSSR count). The Labute approximate surface area is 87.2 Å². The minimum atomic E-state index is -0.320. The molecule has 1 N–H and O–H groups in total. The van der Waals surface area contributed by atoms with E-state index in [0.717, 1.165) is 10.9 Å². The smallest absolute Gasteiger partial charge is 0.340 e. The quantitative estimate of drug-likeness (QED) is 0.762. The van der Waals surface area contributed by atoms with Gasteiger partial charge < -0.3 is 4.74 Å². The highest BCUT2D eigenvalue weighted by Gasteiger charge is 2.13. The van der Waals surface area contributed by atoms with Crippen LogP contribution in [-0.2, 0) is 4.74 Å². The number of H-pyrrole nitrogens is 1. The van der Waals surface area contributed by atoms with Crippen molar-refractivity contribution >= 4 is 16.9 Å². The Bertz CT molecular complexity index is 488. The monoisotopic (exact) mass is 204 g/mol. The molecule has 0 atom stereocenters. The lowest BCUT2D eigenvalue weighted by atomic mass is 10.1. The van der Waals surface area contributed by atoms with E-state index >= 15 is 0 Å². The molecule has 0 bridgehead atoms. The fourth-order valence-corrected chi connectivity index (χ4v) is 1.42. The van der Waals surface area contributed by atoms with Gasteiger partial charge in [0.2, 0.25) is 0 Å². The van der Waals surface area contributed by atoms with Gasteiger partial charge in [-0.1, -0.05) is 12.1 Å². The average molecular weight is 204 g/mol. The summed E-state index contributed by atoms with van der Waals surface area (Å²) in [6.07, 6.45) is 1.57. The number of hydrogen-bond donors (Lipinski definition) is 1. The summed E-state index contributed by atoms with van der Waals surface area (Å²) in [4.78, 5) is 11.7. The Balaban J connectivity index is 2.42. The minimum Gasteiger partial charge on any atom is -0.459 e. The number of aromatic amines is 1. The summed E-state index contributed by atoms with van der Waals surface area (Å²) in [5, 5.41) is 7.59. The maximum atomic E-state index is 11.7. The summed E-state index contributed by atoms with van der Waals surface area (Å²) in [5.74, 6) is -0.320. The number of carbonyl (C=O) groups is 1. The topological polar surface area (TPSA) is 55.0 Å². The molecule has 4 nitrogen and oxygen atoms in total. The standard InChI is InChI=1S/C11H12N2O2/c1-7(2)15-11(14)9-5-3-4-8-6-12-13-10(8)9/h3-7H,1-2H3,(H,12,13). The molecule has 1 heterocycles. The number of para-hydroxylation sites is 1. The molecule has 0 aliphatic heterocycles. The highest BCUT2D eigenvalue weighted by atomic mass is 16.5. The molecule has 78 valence electrons. The highest BCUT2D eigenvalue weighted by Crippen LogP contribution is 2.16. The van der Waals surface area contributed by atoms with Gasteiger partial charge in [0.05, 0.1) is 23.4 Å². The number of hydrogen-bond acceptors (Lipinski definition) is 3. The highest BCUT2D eigenvalue weighted by molar-refractivity contribution is 6.02. The molecule has 0 fully saturated rings. The van der Waals surface area contributed by atoms with E-state index < -0.39 is 0 Å². The molecular weight excluding hydrogens is 192 g/mol. The summed E-state index contributed by atoms with van der Waals surface area (Å²) < 4.78 is 5.13. The average Bonchev–Trinajstić information content (AvgIpc) is 2.63. The van der Waals surface area contributed by atoms with Gasteiger partial charge in [-0.05, 0) is 19.9 Å². The van der Waals surface area contributed by atoms with Crippen LogP contribution in [0.15, 0.2) is 24.4 Å². The molecule has 4 heteroatoms. The van der Waals surface area contributed by atoms with Crippen molar-refractivity contribution in [3.8, 4) is 0 Å². The summed E-state index contributed by atoms with van der Waals surface area (Å²) >= 11 is 0. The van der Waals surface area contributed by atoms with E-state index in [-0.39, 0.29) is 12.1 Å². The first-order valence-corrected chi connectivity index (χ1v) is 4.81. The van der Waals surface area contributed by atoms with E-state index in [9.17, 15) is 4.79 Å². The van der Waals surface area contributed by atoms with E-state index in [1.54, 1.807) is 12.3 Å². The van der Waals surface area contributed by atoms with Crippen molar-refractivity contribution in [3.05, 3.63) is 30.0 Å². The van der Waals surface area contributed by atoms with E-state index in [2.05, 4.69) is 10.2 Å². The molecule has 0 amide bonds. The number of rotatable bonds is 2. The van der Waals surface area contributed by atoms with Crippen LogP contribution in [0, 0.1) is 0 Å². The number of fused-ring (bicyclic) bond motifs is 1. The molecule has 0 aliphatic rings. The molecule has 0 spiro atoms. The lowest BCUT2D eigenvalue weighted by Crippen LogP contribution is -2.11. The first-order valence-electron chi connectivity index (χ1n) is 4.81. The van der Waals surface area contributed by atoms with Gasteiger partial charge in [0.25, 0.3) is 0 Å². The zero-order valence-electron chi connectivity index (χ0n) is 8.65. The number of carbonyl (C=O) groups excluding carboxylic acids is 1. The summed E-state index contributed by atoms with van der Waals surface area (Å²) in [6, 6.07) is 5.44. The Hall–Kier alpha value is -1.84. The van der Waals surface area contributed by atoms with Crippen LogP contribution in [0.2, 0.25) is 0 Å². The molecule has 1 aromatic heterocycles. The van der Waals surface area contributed by atoms with Gasteiger partial charge in [0.1, 0.15) is 0 Å². The second kappa shape index (κ2) is 3.73. The van der Waals surface area contributed by atoms with Gasteiger partial charge in [-0.2, -0.15) is 5.10 Å². The number of nitrogens with zero attached hydrogens (tertiary/aromatic N) is 1. The number of esters is 1. The van der Waals surface area contributed by atoms with Crippen LogP contribution >= 0.6 is 0 Å². The third kappa shape index (κ3) is 1.83. The van der Waals surface area contributed by atoms with E-state index in [4.69, 9.17) is 4.74 Å². The normalized spacial score (nSPS) is 10.9. The summed E-state index contributed by atoms with van der Waals surface area (Å²) in [5.41, 5.74) is 1.25. The van der Waals surface area contributed by atoms with Crippen LogP contribution in [0.5, 0.6) is 0 Å². The van der Waals surface area contributed by atoms with Crippen LogP contribution in [-0.4, -0.2) is 22.3 Å². The third-order valence-corrected chi connectivity index (χ3v) is 2.04. The minimum absolute atomic E-state index is 0.115. The Morgan fingerprint density at radius 3 is 3.00 bits per heavy atom. The van der Waals surface area contributed by atoms with Crippen molar-refractivity contribution in [2.24, 2.45) is 0 Å². The maximum absolute atomic E-state index is 11.7. The predicted molar refractivity (Wildman–Crippen MR) is 56.6 cm³/mol. The largest absolute Gasteiger partial charge is 0.459 e. The molecule has 15 heavy (non-hydrogen) atoms. The fraction of sp³-hybridized carbons (Fsp3) is 0.273. The van der Waals surface area contributed by atoms with E-state index in [1.807, 2.05) is 26.0 Å². The molecule has 0 saturated heterocycles. The van der Waals surface area contributed by atoms with Crippen LogP contribution in [0.1, 0.15) is 24.2 Å². The first-order chi connectivity index (χ1) is 7.18. The van der Waals surface area contributed by atoms with E-state index in [0.29, 0.717) is 5.56 Å². The molecule has 0 aliphatic carbocycles. The molecule has 0 radical (unpaired) electrons. The second-order valence-corrected chi connectivity index (χ2v) is 3.59. The lowest BCUT2D eigenvalue weighted by molar-refractivity contribution is 0.0380. The van der Waals surface area contributed by atoms with Crippen LogP contribution < -0.4 is 0 Å². The van der Waals surface area contributed by atoms with Crippen molar-refractivity contribution in [2.75, 3.05) is 0 Å². The number of ether oxygens (including phenoxy) is 1. The zero-order chi connectivity index (χ0) is 10.8. The molecule has 1 aromatic carbocycles. The van der Waals surface area contributed by atoms with Crippen molar-refractivity contribution in [2.45, 2.75) is 20.0 Å². The van der Waals surface area contributed by atoms with Gasteiger partial charge in [-0.3, -0.25) is 5.10 Å². The van der Waals surface area contributed by atoms with Gasteiger partial charge in [0, 0.05) is 5.39 Å². The number of nitrogens with one attached hydrogen (secondary N) is 1. The van der Waals surface area contributed by atoms with Crippen molar-refractivity contribution in [3.63, 3.8) is 0 Å². The predicted octanol–water partition coefficient (Wildman–Crippen LogP) is 2.13. The van der Waals surface area contributed by atoms with Crippen molar-refractivity contribution in [1.29, 1.82) is 0 Å². The second-order valence-electron chi connectivity index (χ2n) is 3.59. The fourth-order valence-electron chi connectivity index (χ4n) is 1.42. The molecule has 0 unspecified atom stereocenters. The maximum Gasteiger partial charge on any atom is 0.340 e. The van der Waals surface area contributed by atoms with Gasteiger partial charge in [-0.15, -0.1) is 0 Å². The lowest BCUT2D eigenvalue weighted by Gasteiger charge is -2.07. The van der Waals surface area contributed by atoms with Gasteiger partial charge in [0.15, 0.2) is 0 Å². The Morgan fingerprint density at radius 2 is 2.27 bits per heavy atom. The summed E-state index contributed by atoms with van der Waals surface area (Å²) in [7, 11) is 0. The number of benzene rings is 1. The van der Waals surface area contributed by atoms with Gasteiger partial charge >= 0.3 is 5.97 Å². The zero-order valence-corrected chi connectivity index (χ0v) is 8.65. The van der Waals surface area contributed by atoms with Crippen LogP contribution in [0.25, 0.3) is 10.9 Å². The van der Waals surface area contributed by atoms with E-state index in [1.165, 1.54) is 0 Å². The third-order valence-electron chi connectivity index (χ3n) is 2.04. The van der Waals surface area contributed by atoms with Crippen molar-refractivity contribution < 1.29 is 9.53 Å². The SMILES string of the molecule is CC(C)OC(=O)c1cccc2cn[nH]c12. The summed E-state index contributed by atoms with van der Waals surface area (Å²) in [6.45, 7) is 3.65. The van der Waals surface area contributed by atoms with Crippen LogP contribution in [0.4, 0.5) is 0 Å². The number of aromatic nitrogens is 2. The Morgan fingerprint density at radius 1 is 1.47 bits per heavy atom. The van der Waals surface area contributed by atoms with Crippen molar-refractivity contribution in [1.82, 2.24) is 10.2 Å². The molecule has 2 aromatic rings. The van der Waals surface area contributed by atoms with Gasteiger partial charge in [-0.25, -0.2) is 4.79 Å². The molecule has 0 saturated carbocycles. The Kier molecular flexibility index (Phi) is 2.41. The first kappa shape index (κ1) is 9.71.